The van der Waals surface area contributed by atoms with Crippen molar-refractivity contribution in [2.75, 3.05) is 13.1 Å². The minimum absolute atomic E-state index is 0. The highest BCUT2D eigenvalue weighted by Gasteiger charge is 2.31. The topological polar surface area (TPSA) is 24.8 Å². The highest BCUT2D eigenvalue weighted by Crippen LogP contribution is 2.37. The van der Waals surface area contributed by atoms with E-state index in [2.05, 4.69) is 25.8 Å². The summed E-state index contributed by atoms with van der Waals surface area (Å²) in [6.45, 7) is 12.7. The monoisotopic (exact) mass is 434 g/mol. The van der Waals surface area contributed by atoms with Gasteiger partial charge in [-0.15, -0.1) is 0 Å². The predicted molar refractivity (Wildman–Crippen MR) is 137 cm³/mol. The molecule has 3 aliphatic rings. The average Bonchev–Trinajstić information content (AvgIpc) is 3.21. The molecule has 2 atom stereocenters. The van der Waals surface area contributed by atoms with Crippen molar-refractivity contribution in [3.05, 3.63) is 36.5 Å². The number of rotatable bonds is 5. The van der Waals surface area contributed by atoms with Crippen molar-refractivity contribution in [1.82, 2.24) is 4.67 Å². The van der Waals surface area contributed by atoms with Crippen LogP contribution in [0, 0.1) is 17.8 Å². The number of allylic oxidation sites excluding steroid dienone is 3. The molecule has 1 saturated carbocycles. The Labute approximate surface area is 189 Å². The smallest absolute Gasteiger partial charge is 0.157 e. The third-order valence-corrected chi connectivity index (χ3v) is 7.20. The van der Waals surface area contributed by atoms with E-state index in [9.17, 15) is 0 Å². The first-order valence-electron chi connectivity index (χ1n) is 11.9. The summed E-state index contributed by atoms with van der Waals surface area (Å²) in [4.78, 5) is 5.72. The van der Waals surface area contributed by atoms with E-state index in [1.807, 2.05) is 45.1 Å². The molecule has 4 heteroatoms. The van der Waals surface area contributed by atoms with Crippen molar-refractivity contribution >= 4 is 15.1 Å². The molecule has 0 bridgehead atoms. The van der Waals surface area contributed by atoms with Gasteiger partial charge < -0.3 is 4.84 Å². The number of oxime groups is 1. The van der Waals surface area contributed by atoms with Crippen molar-refractivity contribution in [2.45, 2.75) is 92.1 Å². The summed E-state index contributed by atoms with van der Waals surface area (Å²) in [7, 11) is 2.88. The molecule has 1 saturated heterocycles. The van der Waals surface area contributed by atoms with Crippen LogP contribution in [0.15, 0.2) is 41.6 Å². The Hall–Kier alpha value is -0.920. The van der Waals surface area contributed by atoms with Crippen molar-refractivity contribution in [2.24, 2.45) is 22.9 Å². The molecule has 172 valence electrons. The van der Waals surface area contributed by atoms with Crippen LogP contribution in [-0.4, -0.2) is 29.6 Å². The Morgan fingerprint density at radius 2 is 1.63 bits per heavy atom. The molecular weight excluding hydrogens is 387 g/mol. The molecule has 2 fully saturated rings. The molecule has 2 unspecified atom stereocenters. The van der Waals surface area contributed by atoms with Gasteiger partial charge in [-0.3, -0.25) is 4.67 Å². The minimum atomic E-state index is 0. The van der Waals surface area contributed by atoms with E-state index in [0.717, 1.165) is 23.8 Å². The summed E-state index contributed by atoms with van der Waals surface area (Å²) in [6.07, 6.45) is 20.0. The van der Waals surface area contributed by atoms with Gasteiger partial charge >= 0.3 is 0 Å². The van der Waals surface area contributed by atoms with Crippen LogP contribution < -0.4 is 0 Å². The zero-order valence-electron chi connectivity index (χ0n) is 19.0. The molecule has 0 aromatic heterocycles. The minimum Gasteiger partial charge on any atom is -0.387 e. The molecule has 30 heavy (non-hydrogen) atoms. The predicted octanol–water partition coefficient (Wildman–Crippen LogP) is 7.57. The molecule has 0 amide bonds. The number of hydrogen-bond acceptors (Lipinski definition) is 3. The van der Waals surface area contributed by atoms with E-state index in [-0.39, 0.29) is 13.5 Å². The van der Waals surface area contributed by atoms with Gasteiger partial charge in [0.25, 0.3) is 0 Å². The van der Waals surface area contributed by atoms with Crippen LogP contribution in [0.25, 0.3) is 0 Å². The van der Waals surface area contributed by atoms with Crippen LogP contribution in [0.4, 0.5) is 0 Å². The Bertz CT molecular complexity index is 566. The summed E-state index contributed by atoms with van der Waals surface area (Å²) < 4.78 is 2.41. The lowest BCUT2D eigenvalue weighted by Gasteiger charge is -2.35. The van der Waals surface area contributed by atoms with Crippen LogP contribution in [0.1, 0.15) is 86.0 Å². The van der Waals surface area contributed by atoms with Gasteiger partial charge in [-0.05, 0) is 50.0 Å². The van der Waals surface area contributed by atoms with Crippen molar-refractivity contribution < 1.29 is 4.84 Å². The summed E-state index contributed by atoms with van der Waals surface area (Å²) in [5, 5.41) is 4.48. The van der Waals surface area contributed by atoms with Crippen molar-refractivity contribution in [1.29, 1.82) is 0 Å². The molecule has 0 aromatic carbocycles. The lowest BCUT2D eigenvalue weighted by atomic mass is 9.75. The molecule has 2 heterocycles. The zero-order valence-corrected chi connectivity index (χ0v) is 20.1. The first-order chi connectivity index (χ1) is 14.2. The second kappa shape index (κ2) is 15.0. The van der Waals surface area contributed by atoms with Crippen LogP contribution >= 0.6 is 9.39 Å². The summed E-state index contributed by atoms with van der Waals surface area (Å²) in [5.74, 6) is 2.54. The Morgan fingerprint density at radius 3 is 2.23 bits per heavy atom. The normalized spacial score (nSPS) is 28.7. The van der Waals surface area contributed by atoms with Gasteiger partial charge in [0.05, 0.1) is 5.71 Å². The summed E-state index contributed by atoms with van der Waals surface area (Å²) in [5.41, 5.74) is 2.31. The molecule has 3 nitrogen and oxygen atoms in total. The van der Waals surface area contributed by atoms with Gasteiger partial charge in [-0.1, -0.05) is 92.4 Å². The lowest BCUT2D eigenvalue weighted by Crippen LogP contribution is -2.31. The van der Waals surface area contributed by atoms with Gasteiger partial charge in [-0.25, -0.2) is 0 Å². The number of piperidine rings is 1. The molecule has 0 radical (unpaired) electrons. The third-order valence-electron chi connectivity index (χ3n) is 6.69. The largest absolute Gasteiger partial charge is 0.387 e. The van der Waals surface area contributed by atoms with Gasteiger partial charge in [0.2, 0.25) is 0 Å². The summed E-state index contributed by atoms with van der Waals surface area (Å²) in [6, 6.07) is 0. The van der Waals surface area contributed by atoms with Gasteiger partial charge in [0.1, 0.15) is 0 Å². The third kappa shape index (κ3) is 8.31. The van der Waals surface area contributed by atoms with Gasteiger partial charge in [0, 0.05) is 25.4 Å². The van der Waals surface area contributed by atoms with E-state index < -0.39 is 0 Å². The fraction of sp³-hybridized carbons (Fsp3) is 0.731. The highest BCUT2D eigenvalue weighted by molar-refractivity contribution is 7.13. The molecule has 0 aromatic rings. The maximum atomic E-state index is 5.72. The fourth-order valence-corrected chi connectivity index (χ4v) is 5.27. The molecular formula is C26H47N2OP. The first-order valence-corrected chi connectivity index (χ1v) is 12.4. The van der Waals surface area contributed by atoms with Crippen LogP contribution in [0.3, 0.4) is 0 Å². The van der Waals surface area contributed by atoms with Crippen LogP contribution in [0.2, 0.25) is 0 Å². The van der Waals surface area contributed by atoms with Crippen molar-refractivity contribution in [3.63, 3.8) is 0 Å². The quantitative estimate of drug-likeness (QED) is 0.329. The Morgan fingerprint density at radius 1 is 1.03 bits per heavy atom. The second-order valence-corrected chi connectivity index (χ2v) is 9.26. The summed E-state index contributed by atoms with van der Waals surface area (Å²) >= 11 is 0. The van der Waals surface area contributed by atoms with Crippen LogP contribution in [0.5, 0.6) is 0 Å². The van der Waals surface area contributed by atoms with Gasteiger partial charge in [0.15, 0.2) is 6.10 Å². The highest BCUT2D eigenvalue weighted by atomic mass is 31.0. The molecule has 0 N–H and O–H groups in total. The Balaban J connectivity index is 0.00000146. The zero-order chi connectivity index (χ0) is 21.1. The maximum absolute atomic E-state index is 5.72. The molecule has 3 rings (SSSR count). The van der Waals surface area contributed by atoms with E-state index in [1.165, 1.54) is 70.2 Å². The Kier molecular flexibility index (Phi) is 13.5. The van der Waals surface area contributed by atoms with Crippen molar-refractivity contribution in [3.8, 4) is 0 Å². The van der Waals surface area contributed by atoms with E-state index >= 15 is 0 Å². The molecule has 1 aliphatic carbocycles. The van der Waals surface area contributed by atoms with Crippen LogP contribution in [-0.2, 0) is 4.84 Å². The van der Waals surface area contributed by atoms with E-state index in [1.54, 1.807) is 0 Å². The number of hydrogen-bond donors (Lipinski definition) is 0. The van der Waals surface area contributed by atoms with Gasteiger partial charge in [-0.2, -0.15) is 0 Å². The second-order valence-electron chi connectivity index (χ2n) is 8.53. The van der Waals surface area contributed by atoms with E-state index in [0.29, 0.717) is 5.92 Å². The lowest BCUT2D eigenvalue weighted by molar-refractivity contribution is 0.114. The maximum Gasteiger partial charge on any atom is 0.157 e. The SMILES string of the molecule is C.C=C(/C=C\C=C/C)C1CC(C2CCCC(C3CCN(P)CC3)CCC2)=NO1.CC. The first kappa shape index (κ1) is 27.1. The fourth-order valence-electron chi connectivity index (χ4n) is 4.97. The molecule has 0 spiro atoms. The number of nitrogens with zero attached hydrogens (tertiary/aromatic N) is 2. The standard InChI is InChI=1S/C23H37N2OP.C2H6.CH4/c1-3-4-5-8-18(2)23-17-22(24-26-23)21-11-6-9-19(10-7-12-21)20-13-15-25(27)16-14-20;1-2;/h3-5,8,19-21,23H,2,6-7,9-17,27H2,1H3;1-2H3;1H4/b4-3-,8-5-;;. The van der Waals surface area contributed by atoms with E-state index in [4.69, 9.17) is 4.84 Å². The molecule has 2 aliphatic heterocycles. The average molecular weight is 435 g/mol.